The smallest absolute Gasteiger partial charge is 0.264 e. The number of benzene rings is 2. The molecule has 4 rings (SSSR count). The fourth-order valence-electron chi connectivity index (χ4n) is 4.90. The fraction of sp³-hybridized carbons (Fsp3) is 0.333. The van der Waals surface area contributed by atoms with Crippen LogP contribution in [0.2, 0.25) is 0 Å². The lowest BCUT2D eigenvalue weighted by Gasteiger charge is -2.36. The number of amides is 2. The Hall–Kier alpha value is -2.49. The Morgan fingerprint density at radius 2 is 2.03 bits per heavy atom. The molecule has 0 unspecified atom stereocenters. The topological polar surface area (TPSA) is 81.1 Å². The molecule has 2 heterocycles. The van der Waals surface area contributed by atoms with E-state index < -0.39 is 11.5 Å². The van der Waals surface area contributed by atoms with E-state index in [0.717, 1.165) is 14.7 Å². The summed E-state index contributed by atoms with van der Waals surface area (Å²) in [5.74, 6) is -1.03. The van der Waals surface area contributed by atoms with Crippen molar-refractivity contribution in [2.75, 3.05) is 18.1 Å². The maximum atomic E-state index is 13.3. The largest absolute Gasteiger partial charge is 0.394 e. The Morgan fingerprint density at radius 3 is 2.74 bits per heavy atom. The Kier molecular flexibility index (Phi) is 7.25. The third-order valence-electron chi connectivity index (χ3n) is 6.81. The van der Waals surface area contributed by atoms with Crippen LogP contribution in [0, 0.1) is 9.49 Å². The van der Waals surface area contributed by atoms with Crippen molar-refractivity contribution in [2.45, 2.75) is 38.0 Å². The first-order valence-electron chi connectivity index (χ1n) is 11.4. The van der Waals surface area contributed by atoms with Gasteiger partial charge in [0.05, 0.1) is 18.3 Å². The number of anilines is 1. The third kappa shape index (κ3) is 4.32. The molecule has 0 aromatic heterocycles. The maximum Gasteiger partial charge on any atom is 0.264 e. The van der Waals surface area contributed by atoms with Gasteiger partial charge in [0.25, 0.3) is 5.91 Å². The van der Waals surface area contributed by atoms with Gasteiger partial charge in [0.1, 0.15) is 0 Å². The molecule has 0 aliphatic carbocycles. The van der Waals surface area contributed by atoms with Crippen LogP contribution in [0.5, 0.6) is 0 Å². The number of carbonyl (C=O) groups is 2. The van der Waals surface area contributed by atoms with Crippen LogP contribution < -0.4 is 4.90 Å². The molecule has 2 aliphatic rings. The van der Waals surface area contributed by atoms with E-state index >= 15 is 0 Å². The molecule has 0 bridgehead atoms. The summed E-state index contributed by atoms with van der Waals surface area (Å²) in [4.78, 5) is 29.5. The average Bonchev–Trinajstić information content (AvgIpc) is 3.05. The van der Waals surface area contributed by atoms with Gasteiger partial charge in [-0.15, -0.1) is 6.58 Å². The molecule has 0 saturated heterocycles. The first-order valence-corrected chi connectivity index (χ1v) is 12.5. The molecule has 7 heteroatoms. The van der Waals surface area contributed by atoms with Crippen LogP contribution >= 0.6 is 22.6 Å². The number of fused-ring (bicyclic) bond motifs is 2. The first-order chi connectivity index (χ1) is 16.3. The number of aliphatic hydroxyl groups is 2. The van der Waals surface area contributed by atoms with Gasteiger partial charge in [-0.3, -0.25) is 9.59 Å². The minimum atomic E-state index is -1.71. The number of rotatable bonds is 7. The van der Waals surface area contributed by atoms with Crippen molar-refractivity contribution < 1.29 is 19.8 Å². The number of halogens is 1. The standard InChI is InChI=1S/C27H29IN2O4/c1-3-13-29-24-12-11-21(28)15-23(24)27(34,26(29)33)18(2)7-6-10-25(32)30-16-20-9-5-4-8-19(20)14-22(30)17-31/h3-9,11-12,15,18,22,31,34H,1,10,13-14,16-17H2,2H3/b7-6+/t18-,22+,27+/m1/s1. The molecule has 2 aromatic carbocycles. The summed E-state index contributed by atoms with van der Waals surface area (Å²) in [6.45, 7) is 6.20. The van der Waals surface area contributed by atoms with Gasteiger partial charge < -0.3 is 20.0 Å². The van der Waals surface area contributed by atoms with Gasteiger partial charge in [0.2, 0.25) is 5.91 Å². The van der Waals surface area contributed by atoms with Gasteiger partial charge in [-0.1, -0.05) is 49.4 Å². The molecular weight excluding hydrogens is 543 g/mol. The Labute approximate surface area is 213 Å². The molecule has 2 aromatic rings. The second-order valence-electron chi connectivity index (χ2n) is 8.88. The molecule has 178 valence electrons. The van der Waals surface area contributed by atoms with E-state index in [9.17, 15) is 19.8 Å². The van der Waals surface area contributed by atoms with Crippen LogP contribution in [0.25, 0.3) is 0 Å². The van der Waals surface area contributed by atoms with Crippen molar-refractivity contribution in [2.24, 2.45) is 5.92 Å². The molecule has 0 radical (unpaired) electrons. The molecule has 0 fully saturated rings. The molecular formula is C27H29IN2O4. The summed E-state index contributed by atoms with van der Waals surface area (Å²) >= 11 is 2.17. The van der Waals surface area contributed by atoms with Crippen LogP contribution in [0.4, 0.5) is 5.69 Å². The van der Waals surface area contributed by atoms with E-state index in [-0.39, 0.29) is 30.9 Å². The van der Waals surface area contributed by atoms with Crippen molar-refractivity contribution in [1.29, 1.82) is 0 Å². The monoisotopic (exact) mass is 572 g/mol. The Bertz CT molecular complexity index is 1150. The van der Waals surface area contributed by atoms with Crippen molar-refractivity contribution in [3.8, 4) is 0 Å². The Balaban J connectivity index is 1.51. The van der Waals surface area contributed by atoms with Crippen molar-refractivity contribution in [1.82, 2.24) is 4.90 Å². The maximum absolute atomic E-state index is 13.3. The lowest BCUT2D eigenvalue weighted by Crippen LogP contribution is -2.46. The van der Waals surface area contributed by atoms with Gasteiger partial charge in [-0.05, 0) is 58.3 Å². The highest BCUT2D eigenvalue weighted by Crippen LogP contribution is 2.45. The molecule has 34 heavy (non-hydrogen) atoms. The van der Waals surface area contributed by atoms with E-state index in [0.29, 0.717) is 30.8 Å². The van der Waals surface area contributed by atoms with Gasteiger partial charge in [-0.2, -0.15) is 0 Å². The molecule has 2 aliphatic heterocycles. The average molecular weight is 572 g/mol. The number of aliphatic hydroxyl groups excluding tert-OH is 1. The molecule has 6 nitrogen and oxygen atoms in total. The first kappa shape index (κ1) is 24.6. The lowest BCUT2D eigenvalue weighted by atomic mass is 9.83. The molecule has 2 N–H and O–H groups in total. The van der Waals surface area contributed by atoms with Gasteiger partial charge in [0, 0.05) is 34.6 Å². The lowest BCUT2D eigenvalue weighted by molar-refractivity contribution is -0.139. The zero-order chi connectivity index (χ0) is 24.5. The highest BCUT2D eigenvalue weighted by atomic mass is 127. The molecule has 3 atom stereocenters. The van der Waals surface area contributed by atoms with Gasteiger partial charge in [-0.25, -0.2) is 0 Å². The summed E-state index contributed by atoms with van der Waals surface area (Å²) in [6, 6.07) is 13.3. The second kappa shape index (κ2) is 10.0. The zero-order valence-electron chi connectivity index (χ0n) is 19.2. The fourth-order valence-corrected chi connectivity index (χ4v) is 5.39. The molecule has 0 saturated carbocycles. The number of hydrogen-bond donors (Lipinski definition) is 2. The summed E-state index contributed by atoms with van der Waals surface area (Å²) in [6.07, 6.45) is 5.85. The highest BCUT2D eigenvalue weighted by molar-refractivity contribution is 14.1. The predicted octanol–water partition coefficient (Wildman–Crippen LogP) is 3.54. The predicted molar refractivity (Wildman–Crippen MR) is 140 cm³/mol. The third-order valence-corrected chi connectivity index (χ3v) is 7.48. The van der Waals surface area contributed by atoms with Crippen LogP contribution in [0.15, 0.2) is 67.3 Å². The molecule has 0 spiro atoms. The van der Waals surface area contributed by atoms with Crippen LogP contribution in [0.1, 0.15) is 30.0 Å². The van der Waals surface area contributed by atoms with Crippen LogP contribution in [-0.4, -0.2) is 46.1 Å². The zero-order valence-corrected chi connectivity index (χ0v) is 21.3. The van der Waals surface area contributed by atoms with E-state index in [1.807, 2.05) is 42.5 Å². The van der Waals surface area contributed by atoms with E-state index in [4.69, 9.17) is 0 Å². The van der Waals surface area contributed by atoms with Crippen molar-refractivity contribution in [3.63, 3.8) is 0 Å². The number of carbonyl (C=O) groups excluding carboxylic acids is 2. The summed E-state index contributed by atoms with van der Waals surface area (Å²) in [5, 5.41) is 21.4. The quantitative estimate of drug-likeness (QED) is 0.393. The van der Waals surface area contributed by atoms with Crippen LogP contribution in [0.3, 0.4) is 0 Å². The minimum Gasteiger partial charge on any atom is -0.394 e. The number of hydrogen-bond acceptors (Lipinski definition) is 4. The van der Waals surface area contributed by atoms with Crippen LogP contribution in [-0.2, 0) is 28.2 Å². The van der Waals surface area contributed by atoms with Gasteiger partial charge in [0.15, 0.2) is 5.60 Å². The summed E-state index contributed by atoms with van der Waals surface area (Å²) < 4.78 is 0.926. The van der Waals surface area contributed by atoms with E-state index in [2.05, 4.69) is 29.2 Å². The highest BCUT2D eigenvalue weighted by Gasteiger charge is 2.52. The summed E-state index contributed by atoms with van der Waals surface area (Å²) in [5.41, 5.74) is 1.80. The van der Waals surface area contributed by atoms with E-state index in [1.54, 1.807) is 35.0 Å². The van der Waals surface area contributed by atoms with Crippen molar-refractivity contribution in [3.05, 3.63) is 87.5 Å². The number of nitrogens with zero attached hydrogens (tertiary/aromatic N) is 2. The molecule has 2 amide bonds. The van der Waals surface area contributed by atoms with Crippen molar-refractivity contribution >= 4 is 40.1 Å². The Morgan fingerprint density at radius 1 is 1.29 bits per heavy atom. The van der Waals surface area contributed by atoms with E-state index in [1.165, 1.54) is 0 Å². The second-order valence-corrected chi connectivity index (χ2v) is 10.1. The normalized spacial score (nSPS) is 22.6. The van der Waals surface area contributed by atoms with Gasteiger partial charge >= 0.3 is 0 Å². The minimum absolute atomic E-state index is 0.0926. The summed E-state index contributed by atoms with van der Waals surface area (Å²) in [7, 11) is 0. The SMILES string of the molecule is C=CCN1C(=O)[C@](O)([C@H](C)/C=C/CC(=O)N2Cc3ccccc3C[C@H]2CO)c2cc(I)ccc21.